The molecule has 0 aliphatic rings. The maximum absolute atomic E-state index is 13.5. The van der Waals surface area contributed by atoms with Crippen LogP contribution in [0, 0.1) is 17.1 Å². The van der Waals surface area contributed by atoms with Crippen LogP contribution < -0.4 is 5.32 Å². The second kappa shape index (κ2) is 9.51. The van der Waals surface area contributed by atoms with E-state index in [0.717, 1.165) is 11.6 Å². The molecule has 6 nitrogen and oxygen atoms in total. The van der Waals surface area contributed by atoms with Crippen LogP contribution in [0.2, 0.25) is 0 Å². The molecule has 0 aliphatic carbocycles. The average Bonchev–Trinajstić information content (AvgIpc) is 2.66. The predicted octanol–water partition coefficient (Wildman–Crippen LogP) is 2.21. The standard InChI is InChI=1S/C19H19FN2O4/c20-16-7-6-15(10-14(16)8-9-21)18(24)17(23)11-22-19(25)26-12-13-4-2-1-3-5-13/h1-7,10,17-18,23-24H,8,11-12H2,(H,22,25). The van der Waals surface area contributed by atoms with Gasteiger partial charge in [-0.3, -0.25) is 0 Å². The summed E-state index contributed by atoms with van der Waals surface area (Å²) in [6.07, 6.45) is -3.54. The summed E-state index contributed by atoms with van der Waals surface area (Å²) in [5, 5.41) is 31.2. The van der Waals surface area contributed by atoms with Gasteiger partial charge in [-0.15, -0.1) is 0 Å². The van der Waals surface area contributed by atoms with Crippen LogP contribution in [0.1, 0.15) is 22.8 Å². The van der Waals surface area contributed by atoms with Crippen molar-refractivity contribution in [2.45, 2.75) is 25.2 Å². The largest absolute Gasteiger partial charge is 0.445 e. The fourth-order valence-corrected chi connectivity index (χ4v) is 2.30. The highest BCUT2D eigenvalue weighted by atomic mass is 19.1. The summed E-state index contributed by atoms with van der Waals surface area (Å²) in [6.45, 7) is -0.166. The maximum atomic E-state index is 13.5. The second-order valence-corrected chi connectivity index (χ2v) is 5.64. The van der Waals surface area contributed by atoms with Crippen molar-refractivity contribution in [1.82, 2.24) is 5.32 Å². The van der Waals surface area contributed by atoms with Crippen molar-refractivity contribution < 1.29 is 24.1 Å². The molecule has 2 rings (SSSR count). The third-order valence-electron chi connectivity index (χ3n) is 3.71. The Balaban J connectivity index is 1.85. The Kier molecular flexibility index (Phi) is 7.09. The van der Waals surface area contributed by atoms with Crippen LogP contribution in [0.5, 0.6) is 0 Å². The van der Waals surface area contributed by atoms with E-state index in [-0.39, 0.29) is 30.7 Å². The number of aliphatic hydroxyl groups is 2. The van der Waals surface area contributed by atoms with Gasteiger partial charge in [-0.2, -0.15) is 5.26 Å². The highest BCUT2D eigenvalue weighted by Crippen LogP contribution is 2.20. The molecule has 2 unspecified atom stereocenters. The van der Waals surface area contributed by atoms with E-state index in [9.17, 15) is 19.4 Å². The number of hydrogen-bond donors (Lipinski definition) is 3. The molecule has 0 radical (unpaired) electrons. The van der Waals surface area contributed by atoms with Gasteiger partial charge in [0, 0.05) is 12.1 Å². The quantitative estimate of drug-likeness (QED) is 0.704. The number of carbonyl (C=O) groups excluding carboxylic acids is 1. The average molecular weight is 358 g/mol. The fraction of sp³-hybridized carbons (Fsp3) is 0.263. The number of nitrogens with zero attached hydrogens (tertiary/aromatic N) is 1. The van der Waals surface area contributed by atoms with Gasteiger partial charge >= 0.3 is 6.09 Å². The summed E-state index contributed by atoms with van der Waals surface area (Å²) in [5.41, 5.74) is 1.20. The van der Waals surface area contributed by atoms with Crippen molar-refractivity contribution in [3.05, 3.63) is 71.0 Å². The van der Waals surface area contributed by atoms with Crippen molar-refractivity contribution in [1.29, 1.82) is 5.26 Å². The molecule has 2 aromatic rings. The topological polar surface area (TPSA) is 103 Å². The van der Waals surface area contributed by atoms with E-state index in [1.54, 1.807) is 12.1 Å². The van der Waals surface area contributed by atoms with Crippen LogP contribution >= 0.6 is 0 Å². The SMILES string of the molecule is N#CCc1cc(C(O)C(O)CNC(=O)OCc2ccccc2)ccc1F. The number of alkyl carbamates (subject to hydrolysis) is 1. The lowest BCUT2D eigenvalue weighted by Crippen LogP contribution is -2.35. The minimum atomic E-state index is -1.34. The lowest BCUT2D eigenvalue weighted by Gasteiger charge is -2.19. The molecule has 0 fully saturated rings. The van der Waals surface area contributed by atoms with Gasteiger partial charge in [0.25, 0.3) is 0 Å². The summed E-state index contributed by atoms with van der Waals surface area (Å²) < 4.78 is 18.5. The first-order chi connectivity index (χ1) is 12.5. The molecule has 0 saturated heterocycles. The second-order valence-electron chi connectivity index (χ2n) is 5.64. The van der Waals surface area contributed by atoms with Crippen LogP contribution in [0.25, 0.3) is 0 Å². The number of nitrogens with one attached hydrogen (secondary N) is 1. The minimum Gasteiger partial charge on any atom is -0.445 e. The number of ether oxygens (including phenoxy) is 1. The van der Waals surface area contributed by atoms with Gasteiger partial charge in [0.15, 0.2) is 0 Å². The Morgan fingerprint density at radius 2 is 1.96 bits per heavy atom. The van der Waals surface area contributed by atoms with Crippen molar-refractivity contribution in [3.63, 3.8) is 0 Å². The van der Waals surface area contributed by atoms with E-state index in [0.29, 0.717) is 0 Å². The minimum absolute atomic E-state index is 0.0841. The molecule has 26 heavy (non-hydrogen) atoms. The number of amides is 1. The Hall–Kier alpha value is -2.95. The smallest absolute Gasteiger partial charge is 0.407 e. The lowest BCUT2D eigenvalue weighted by molar-refractivity contribution is 0.0183. The van der Waals surface area contributed by atoms with E-state index in [1.165, 1.54) is 12.1 Å². The van der Waals surface area contributed by atoms with E-state index in [4.69, 9.17) is 10.00 Å². The monoisotopic (exact) mass is 358 g/mol. The zero-order chi connectivity index (χ0) is 18.9. The van der Waals surface area contributed by atoms with E-state index in [1.807, 2.05) is 24.3 Å². The van der Waals surface area contributed by atoms with Crippen LogP contribution in [0.4, 0.5) is 9.18 Å². The van der Waals surface area contributed by atoms with Crippen molar-refractivity contribution in [3.8, 4) is 6.07 Å². The van der Waals surface area contributed by atoms with Crippen molar-refractivity contribution in [2.24, 2.45) is 0 Å². The first-order valence-corrected chi connectivity index (χ1v) is 7.97. The number of halogens is 1. The molecule has 7 heteroatoms. The van der Waals surface area contributed by atoms with E-state index in [2.05, 4.69) is 5.32 Å². The molecule has 136 valence electrons. The summed E-state index contributed by atoms with van der Waals surface area (Å²) in [5.74, 6) is -0.556. The highest BCUT2D eigenvalue weighted by Gasteiger charge is 2.20. The van der Waals surface area contributed by atoms with Crippen LogP contribution in [0.3, 0.4) is 0 Å². The fourth-order valence-electron chi connectivity index (χ4n) is 2.30. The lowest BCUT2D eigenvalue weighted by atomic mass is 10.0. The summed E-state index contributed by atoms with van der Waals surface area (Å²) >= 11 is 0. The predicted molar refractivity (Wildman–Crippen MR) is 91.3 cm³/mol. The number of carbonyl (C=O) groups is 1. The van der Waals surface area contributed by atoms with E-state index < -0.39 is 24.1 Å². The van der Waals surface area contributed by atoms with Crippen LogP contribution in [-0.2, 0) is 17.8 Å². The highest BCUT2D eigenvalue weighted by molar-refractivity contribution is 5.67. The molecule has 0 heterocycles. The Labute approximate surface area is 150 Å². The third kappa shape index (κ3) is 5.55. The first-order valence-electron chi connectivity index (χ1n) is 7.97. The normalized spacial score (nSPS) is 12.7. The molecule has 2 atom stereocenters. The van der Waals surface area contributed by atoms with Crippen LogP contribution in [0.15, 0.2) is 48.5 Å². The number of benzene rings is 2. The van der Waals surface area contributed by atoms with Crippen LogP contribution in [-0.4, -0.2) is 29.0 Å². The first kappa shape index (κ1) is 19.4. The zero-order valence-corrected chi connectivity index (χ0v) is 13.9. The third-order valence-corrected chi connectivity index (χ3v) is 3.71. The molecule has 0 aromatic heterocycles. The summed E-state index contributed by atoms with van der Waals surface area (Å²) in [7, 11) is 0. The molecule has 0 aliphatic heterocycles. The molecule has 1 amide bonds. The number of nitriles is 1. The Bertz CT molecular complexity index is 777. The van der Waals surface area contributed by atoms with Crippen molar-refractivity contribution >= 4 is 6.09 Å². The zero-order valence-electron chi connectivity index (χ0n) is 13.9. The molecule has 2 aromatic carbocycles. The molecular formula is C19H19FN2O4. The molecule has 0 saturated carbocycles. The molecular weight excluding hydrogens is 339 g/mol. The Morgan fingerprint density at radius 3 is 2.65 bits per heavy atom. The molecule has 0 bridgehead atoms. The van der Waals surface area contributed by atoms with Gasteiger partial charge in [-0.05, 0) is 23.3 Å². The number of hydrogen-bond acceptors (Lipinski definition) is 5. The van der Waals surface area contributed by atoms with Gasteiger partial charge in [0.05, 0.1) is 12.5 Å². The van der Waals surface area contributed by atoms with Gasteiger partial charge in [0.2, 0.25) is 0 Å². The van der Waals surface area contributed by atoms with Crippen molar-refractivity contribution in [2.75, 3.05) is 6.54 Å². The van der Waals surface area contributed by atoms with Gasteiger partial charge < -0.3 is 20.3 Å². The van der Waals surface area contributed by atoms with E-state index >= 15 is 0 Å². The Morgan fingerprint density at radius 1 is 1.23 bits per heavy atom. The van der Waals surface area contributed by atoms with Gasteiger partial charge in [-0.25, -0.2) is 9.18 Å². The number of aliphatic hydroxyl groups excluding tert-OH is 2. The summed E-state index contributed by atoms with van der Waals surface area (Å²) in [6, 6.07) is 14.7. The van der Waals surface area contributed by atoms with Gasteiger partial charge in [0.1, 0.15) is 24.6 Å². The molecule has 3 N–H and O–H groups in total. The summed E-state index contributed by atoms with van der Waals surface area (Å²) in [4.78, 5) is 11.7. The number of rotatable bonds is 7. The molecule has 0 spiro atoms. The van der Waals surface area contributed by atoms with Gasteiger partial charge in [-0.1, -0.05) is 36.4 Å². The maximum Gasteiger partial charge on any atom is 0.407 e.